The lowest BCUT2D eigenvalue weighted by Gasteiger charge is -2.08. The number of carbonyl (C=O) groups is 1. The number of hydrogen-bond donors (Lipinski definition) is 2. The largest absolute Gasteiger partial charge is 0.496 e. The van der Waals surface area contributed by atoms with Crippen LogP contribution >= 0.6 is 0 Å². The lowest BCUT2D eigenvalue weighted by atomic mass is 10.0. The van der Waals surface area contributed by atoms with Gasteiger partial charge in [0.25, 0.3) is 0 Å². The third-order valence-electron chi connectivity index (χ3n) is 2.05. The molecule has 0 spiro atoms. The molecule has 0 bridgehead atoms. The van der Waals surface area contributed by atoms with Gasteiger partial charge in [0, 0.05) is 12.0 Å². The average Bonchev–Trinajstić information content (AvgIpc) is 2.29. The normalized spacial score (nSPS) is 9.12. The molecule has 1 aromatic rings. The highest BCUT2D eigenvalue weighted by atomic mass is 16.5. The summed E-state index contributed by atoms with van der Waals surface area (Å²) in [7, 11) is 1.48. The summed E-state index contributed by atoms with van der Waals surface area (Å²) in [6.45, 7) is -0.239. The van der Waals surface area contributed by atoms with Crippen LogP contribution in [0.1, 0.15) is 15.9 Å². The maximum Gasteiger partial charge on any atom is 0.336 e. The molecule has 0 saturated carbocycles. The van der Waals surface area contributed by atoms with Crippen molar-refractivity contribution >= 4 is 5.97 Å². The Kier molecular flexibility index (Phi) is 4.37. The van der Waals surface area contributed by atoms with Gasteiger partial charge in [-0.3, -0.25) is 0 Å². The number of carboxylic acid groups (broad SMARTS) is 1. The van der Waals surface area contributed by atoms with Crippen molar-refractivity contribution in [1.82, 2.24) is 0 Å². The molecule has 0 heterocycles. The van der Waals surface area contributed by atoms with Crippen molar-refractivity contribution in [2.24, 2.45) is 0 Å². The number of hydrogen-bond acceptors (Lipinski definition) is 3. The molecule has 0 unspecified atom stereocenters. The number of methoxy groups -OCH3 is 1. The molecule has 4 nitrogen and oxygen atoms in total. The highest BCUT2D eigenvalue weighted by Crippen LogP contribution is 2.22. The Hall–Kier alpha value is -1.99. The monoisotopic (exact) mass is 220 g/mol. The van der Waals surface area contributed by atoms with Crippen LogP contribution in [0.15, 0.2) is 18.2 Å². The van der Waals surface area contributed by atoms with Crippen LogP contribution in [0.3, 0.4) is 0 Å². The van der Waals surface area contributed by atoms with E-state index in [2.05, 4.69) is 11.8 Å². The number of aliphatic hydroxyl groups is 1. The van der Waals surface area contributed by atoms with Gasteiger partial charge >= 0.3 is 5.97 Å². The van der Waals surface area contributed by atoms with Crippen LogP contribution in [0, 0.1) is 11.8 Å². The van der Waals surface area contributed by atoms with Gasteiger partial charge in [-0.1, -0.05) is 17.9 Å². The lowest BCUT2D eigenvalue weighted by molar-refractivity contribution is 0.0695. The Balaban J connectivity index is 3.14. The van der Waals surface area contributed by atoms with Gasteiger partial charge in [-0.15, -0.1) is 0 Å². The van der Waals surface area contributed by atoms with Crippen LogP contribution in [0.2, 0.25) is 0 Å². The van der Waals surface area contributed by atoms with Crippen LogP contribution in [0.5, 0.6) is 5.75 Å². The molecule has 1 aromatic carbocycles. The van der Waals surface area contributed by atoms with Crippen LogP contribution in [0.25, 0.3) is 0 Å². The minimum Gasteiger partial charge on any atom is -0.496 e. The van der Waals surface area contributed by atoms with Gasteiger partial charge in [-0.25, -0.2) is 4.79 Å². The summed E-state index contributed by atoms with van der Waals surface area (Å²) >= 11 is 0. The third kappa shape index (κ3) is 2.75. The second kappa shape index (κ2) is 5.79. The van der Waals surface area contributed by atoms with Gasteiger partial charge in [0.1, 0.15) is 12.4 Å². The number of aromatic carboxylic acids is 1. The van der Waals surface area contributed by atoms with Crippen molar-refractivity contribution in [3.8, 4) is 17.6 Å². The van der Waals surface area contributed by atoms with Crippen LogP contribution < -0.4 is 4.74 Å². The number of carboxylic acids is 1. The zero-order valence-corrected chi connectivity index (χ0v) is 8.86. The lowest BCUT2D eigenvalue weighted by Crippen LogP contribution is -2.04. The molecule has 84 valence electrons. The van der Waals surface area contributed by atoms with E-state index in [4.69, 9.17) is 14.9 Å². The van der Waals surface area contributed by atoms with Gasteiger partial charge in [0.05, 0.1) is 12.7 Å². The van der Waals surface area contributed by atoms with Crippen molar-refractivity contribution in [2.75, 3.05) is 13.7 Å². The highest BCUT2D eigenvalue weighted by molar-refractivity contribution is 5.90. The van der Waals surface area contributed by atoms with E-state index in [1.165, 1.54) is 13.2 Å². The first-order chi connectivity index (χ1) is 7.70. The minimum atomic E-state index is -1.01. The first-order valence-electron chi connectivity index (χ1n) is 4.66. The molecular weight excluding hydrogens is 208 g/mol. The van der Waals surface area contributed by atoms with E-state index in [-0.39, 0.29) is 18.6 Å². The van der Waals surface area contributed by atoms with Gasteiger partial charge < -0.3 is 14.9 Å². The molecular formula is C12H12O4. The molecule has 0 saturated heterocycles. The van der Waals surface area contributed by atoms with Gasteiger partial charge in [-0.05, 0) is 12.1 Å². The first-order valence-corrected chi connectivity index (χ1v) is 4.66. The highest BCUT2D eigenvalue weighted by Gasteiger charge is 2.13. The van der Waals surface area contributed by atoms with E-state index in [0.717, 1.165) is 0 Å². The Labute approximate surface area is 93.5 Å². The fraction of sp³-hybridized carbons (Fsp3) is 0.250. The summed E-state index contributed by atoms with van der Waals surface area (Å²) in [6.07, 6.45) is 0.242. The molecule has 16 heavy (non-hydrogen) atoms. The second-order valence-electron chi connectivity index (χ2n) is 2.98. The van der Waals surface area contributed by atoms with Crippen molar-refractivity contribution in [3.63, 3.8) is 0 Å². The van der Waals surface area contributed by atoms with Gasteiger partial charge in [0.2, 0.25) is 0 Å². The molecule has 4 heteroatoms. The summed E-state index contributed by atoms with van der Waals surface area (Å²) in [6, 6.07) is 4.80. The quantitative estimate of drug-likeness (QED) is 0.744. The van der Waals surface area contributed by atoms with Crippen LogP contribution in [-0.2, 0) is 6.42 Å². The summed E-state index contributed by atoms with van der Waals surface area (Å²) < 4.78 is 5.07. The molecule has 2 N–H and O–H groups in total. The molecule has 1 rings (SSSR count). The Morgan fingerprint density at radius 2 is 2.19 bits per heavy atom. The van der Waals surface area contributed by atoms with Crippen molar-refractivity contribution in [1.29, 1.82) is 0 Å². The fourth-order valence-electron chi connectivity index (χ4n) is 1.35. The Morgan fingerprint density at radius 1 is 1.44 bits per heavy atom. The standard InChI is InChI=1S/C12H12O4/c1-16-11-7-4-6-10(12(14)15)9(11)5-2-3-8-13/h4,6-7,13H,5,8H2,1H3,(H,14,15). The summed E-state index contributed by atoms with van der Waals surface area (Å²) in [5.41, 5.74) is 0.699. The Morgan fingerprint density at radius 3 is 2.75 bits per heavy atom. The first kappa shape index (κ1) is 12.1. The van der Waals surface area contributed by atoms with Gasteiger partial charge in [0.15, 0.2) is 0 Å². The zero-order chi connectivity index (χ0) is 12.0. The summed E-state index contributed by atoms with van der Waals surface area (Å²) in [4.78, 5) is 11.0. The average molecular weight is 220 g/mol. The molecule has 0 radical (unpaired) electrons. The maximum atomic E-state index is 11.0. The SMILES string of the molecule is COc1cccc(C(=O)O)c1CC#CCO. The van der Waals surface area contributed by atoms with E-state index in [9.17, 15) is 4.79 Å². The molecule has 0 aliphatic rings. The molecule has 0 aliphatic heterocycles. The maximum absolute atomic E-state index is 11.0. The van der Waals surface area contributed by atoms with E-state index >= 15 is 0 Å². The molecule has 0 amide bonds. The second-order valence-corrected chi connectivity index (χ2v) is 2.98. The predicted molar refractivity (Wildman–Crippen MR) is 58.5 cm³/mol. The van der Waals surface area contributed by atoms with Crippen molar-refractivity contribution < 1.29 is 19.7 Å². The fourth-order valence-corrected chi connectivity index (χ4v) is 1.35. The van der Waals surface area contributed by atoms with Crippen LogP contribution in [0.4, 0.5) is 0 Å². The topological polar surface area (TPSA) is 66.8 Å². The van der Waals surface area contributed by atoms with Crippen molar-refractivity contribution in [3.05, 3.63) is 29.3 Å². The van der Waals surface area contributed by atoms with Crippen LogP contribution in [-0.4, -0.2) is 29.9 Å². The molecule has 0 aliphatic carbocycles. The molecule has 0 fully saturated rings. The summed E-state index contributed by atoms with van der Waals surface area (Å²) in [5, 5.41) is 17.5. The molecule has 0 atom stereocenters. The number of benzene rings is 1. The van der Waals surface area contributed by atoms with E-state index < -0.39 is 5.97 Å². The zero-order valence-electron chi connectivity index (χ0n) is 8.86. The smallest absolute Gasteiger partial charge is 0.336 e. The van der Waals surface area contributed by atoms with Crippen molar-refractivity contribution in [2.45, 2.75) is 6.42 Å². The molecule has 0 aromatic heterocycles. The van der Waals surface area contributed by atoms with E-state index in [1.54, 1.807) is 12.1 Å². The number of ether oxygens (including phenoxy) is 1. The number of rotatable bonds is 3. The Bertz CT molecular complexity index is 440. The minimum absolute atomic E-state index is 0.173. The van der Waals surface area contributed by atoms with E-state index in [1.807, 2.05) is 0 Å². The van der Waals surface area contributed by atoms with E-state index in [0.29, 0.717) is 11.3 Å². The summed E-state index contributed by atoms with van der Waals surface area (Å²) in [5.74, 6) is 4.63. The number of aliphatic hydroxyl groups excluding tert-OH is 1. The van der Waals surface area contributed by atoms with Gasteiger partial charge in [-0.2, -0.15) is 0 Å². The predicted octanol–water partition coefficient (Wildman–Crippen LogP) is 0.932. The third-order valence-corrected chi connectivity index (χ3v) is 2.05.